The second-order valence-electron chi connectivity index (χ2n) is 33.9. The molecule has 0 heterocycles. The van der Waals surface area contributed by atoms with Crippen LogP contribution in [0.4, 0.5) is 159 Å². The summed E-state index contributed by atoms with van der Waals surface area (Å²) in [5.74, 6) is 0. The van der Waals surface area contributed by atoms with Gasteiger partial charge in [-0.05, 0) is 375 Å². The van der Waals surface area contributed by atoms with Crippen LogP contribution in [0.3, 0.4) is 0 Å². The second-order valence-corrected chi connectivity index (χ2v) is 33.9. The van der Waals surface area contributed by atoms with Gasteiger partial charge in [0, 0.05) is 159 Å². The molecule has 140 heavy (non-hydrogen) atoms. The molecule has 12 heteroatoms. The predicted molar refractivity (Wildman–Crippen MR) is 594 cm³/mol. The lowest BCUT2D eigenvalue weighted by Crippen LogP contribution is -2.12. The summed E-state index contributed by atoms with van der Waals surface area (Å²) in [7, 11) is 0. The Morgan fingerprint density at radius 1 is 0.114 bits per heavy atom. The van der Waals surface area contributed by atoms with Gasteiger partial charge in [0.15, 0.2) is 0 Å². The zero-order chi connectivity index (χ0) is 94.6. The Hall–Kier alpha value is -18.8. The Morgan fingerprint density at radius 3 is 0.343 bits per heavy atom. The van der Waals surface area contributed by atoms with E-state index in [1.807, 2.05) is 97.1 Å². The van der Waals surface area contributed by atoms with Crippen molar-refractivity contribution in [1.29, 1.82) is 0 Å². The Kier molecular flexibility index (Phi) is 28.9. The van der Waals surface area contributed by atoms with Crippen molar-refractivity contribution in [3.63, 3.8) is 0 Å². The van der Waals surface area contributed by atoms with E-state index in [0.717, 1.165) is 172 Å². The third-order valence-electron chi connectivity index (χ3n) is 24.1. The maximum atomic E-state index is 5.62. The molecule has 0 fully saturated rings. The topological polar surface area (TPSA) is 120 Å². The fourth-order valence-corrected chi connectivity index (χ4v) is 17.2. The molecule has 0 bridgehead atoms. The highest BCUT2D eigenvalue weighted by Gasteiger charge is 2.21. The molecule has 0 radical (unpaired) electrons. The van der Waals surface area contributed by atoms with Gasteiger partial charge in [-0.1, -0.05) is 231 Å². The quantitative estimate of drug-likeness (QED) is 0.0241. The summed E-state index contributed by atoms with van der Waals surface area (Å²) in [4.78, 5) is 13.7. The molecular weight excluding hydrogens is 1710 g/mol. The highest BCUT2D eigenvalue weighted by Crippen LogP contribution is 2.44. The van der Waals surface area contributed by atoms with E-state index in [1.165, 1.54) is 22.3 Å². The lowest BCUT2D eigenvalue weighted by Gasteiger charge is -2.28. The van der Waals surface area contributed by atoms with Crippen LogP contribution in [-0.4, -0.2) is 0 Å². The Labute approximate surface area is 821 Å². The molecule has 678 valence electrons. The highest BCUT2D eigenvalue weighted by atomic mass is 15.2. The Morgan fingerprint density at radius 2 is 0.214 bits per heavy atom. The normalized spacial score (nSPS) is 10.7. The maximum absolute atomic E-state index is 5.62. The number of nitrogen functional groups attached to an aromatic ring is 2. The van der Waals surface area contributed by atoms with E-state index in [0.29, 0.717) is 0 Å². The molecule has 0 saturated carbocycles. The van der Waals surface area contributed by atoms with E-state index in [1.54, 1.807) is 0 Å². The molecule has 0 saturated heterocycles. The van der Waals surface area contributed by atoms with Gasteiger partial charge in [0.1, 0.15) is 0 Å². The van der Waals surface area contributed by atoms with Crippen LogP contribution < -0.4 is 62.1 Å². The SMILES string of the molecule is Nc1ccc(Cc2ccc(N)cc2)cc1.c1ccc(N(c2ccccc2)c2ccc(Nc3ccc(Cc4ccc(Nc5ccc(N(c6ccccc6)c6ccccc6)cc5)cc4)cc3)cc2)cc1.c1ccc(N(c2ccccc2)c2ccc(Nc3ccc(N(c4ccc(Nc5ccc(N(c6ccccc6)c6ccccc6)cc5)cc4)c4ccc(N(c5ccccc5)c5ccccc5)cc4)cc3)cc2)cc1. The number of benzene rings is 21. The zero-order valence-corrected chi connectivity index (χ0v) is 77.5. The molecule has 8 N–H and O–H groups in total. The number of nitrogens with zero attached hydrogens (tertiary/aromatic N) is 6. The first-order valence-electron chi connectivity index (χ1n) is 47.2. The molecule has 21 rings (SSSR count). The van der Waals surface area contributed by atoms with Crippen molar-refractivity contribution in [2.75, 3.05) is 62.1 Å². The first-order chi connectivity index (χ1) is 69.2. The largest absolute Gasteiger partial charge is 0.399 e. The highest BCUT2D eigenvalue weighted by molar-refractivity contribution is 5.86. The van der Waals surface area contributed by atoms with Gasteiger partial charge in [0.05, 0.1) is 0 Å². The summed E-state index contributed by atoms with van der Waals surface area (Å²) in [6.07, 6.45) is 1.79. The van der Waals surface area contributed by atoms with E-state index in [-0.39, 0.29) is 0 Å². The van der Waals surface area contributed by atoms with Crippen LogP contribution in [0.1, 0.15) is 22.3 Å². The zero-order valence-electron chi connectivity index (χ0n) is 77.5. The van der Waals surface area contributed by atoms with Gasteiger partial charge < -0.3 is 62.1 Å². The Bertz CT molecular complexity index is 6770. The molecule has 0 aromatic heterocycles. The minimum atomic E-state index is 0.802. The predicted octanol–water partition coefficient (Wildman–Crippen LogP) is 35.2. The molecule has 0 aliphatic rings. The van der Waals surface area contributed by atoms with E-state index in [2.05, 4.69) is 524 Å². The van der Waals surface area contributed by atoms with Crippen LogP contribution in [0.5, 0.6) is 0 Å². The summed E-state index contributed by atoms with van der Waals surface area (Å²) in [6, 6.07) is 199. The minimum Gasteiger partial charge on any atom is -0.399 e. The van der Waals surface area contributed by atoms with Crippen molar-refractivity contribution in [3.05, 3.63) is 592 Å². The second kappa shape index (κ2) is 44.8. The minimum absolute atomic E-state index is 0.802. The number of para-hydroxylation sites is 10. The van der Waals surface area contributed by atoms with Gasteiger partial charge in [-0.2, -0.15) is 0 Å². The van der Waals surface area contributed by atoms with Crippen LogP contribution in [0.25, 0.3) is 0 Å². The summed E-state index contributed by atoms with van der Waals surface area (Å²) in [5.41, 5.74) is 45.8. The van der Waals surface area contributed by atoms with Crippen molar-refractivity contribution in [2.45, 2.75) is 12.8 Å². The summed E-state index contributed by atoms with van der Waals surface area (Å²) < 4.78 is 0. The molecular formula is C128H106N12. The summed E-state index contributed by atoms with van der Waals surface area (Å²) >= 11 is 0. The fourth-order valence-electron chi connectivity index (χ4n) is 17.2. The molecule has 0 atom stereocenters. The monoisotopic (exact) mass is 1810 g/mol. The maximum Gasteiger partial charge on any atom is 0.0463 e. The number of hydrogen-bond acceptors (Lipinski definition) is 12. The number of rotatable bonds is 30. The lowest BCUT2D eigenvalue weighted by molar-refractivity contribution is 1.19. The van der Waals surface area contributed by atoms with Gasteiger partial charge in [-0.25, -0.2) is 0 Å². The lowest BCUT2D eigenvalue weighted by atomic mass is 10.0. The number of nitrogens with two attached hydrogens (primary N) is 2. The third kappa shape index (κ3) is 23.3. The molecule has 0 aliphatic carbocycles. The van der Waals surface area contributed by atoms with Crippen LogP contribution in [-0.2, 0) is 12.8 Å². The molecule has 0 unspecified atom stereocenters. The van der Waals surface area contributed by atoms with Crippen molar-refractivity contribution < 1.29 is 0 Å². The van der Waals surface area contributed by atoms with Crippen LogP contribution in [0, 0.1) is 0 Å². The van der Waals surface area contributed by atoms with Crippen molar-refractivity contribution in [1.82, 2.24) is 0 Å². The molecule has 12 nitrogen and oxygen atoms in total. The van der Waals surface area contributed by atoms with Gasteiger partial charge in [0.25, 0.3) is 0 Å². The number of anilines is 28. The third-order valence-corrected chi connectivity index (χ3v) is 24.1. The van der Waals surface area contributed by atoms with E-state index in [9.17, 15) is 0 Å². The van der Waals surface area contributed by atoms with Crippen LogP contribution in [0.2, 0.25) is 0 Å². The molecule has 0 spiro atoms. The Balaban J connectivity index is 0.000000160. The van der Waals surface area contributed by atoms with Crippen molar-refractivity contribution >= 4 is 159 Å². The fraction of sp³-hybridized carbons (Fsp3) is 0.0156. The van der Waals surface area contributed by atoms with Gasteiger partial charge in [-0.15, -0.1) is 0 Å². The summed E-state index contributed by atoms with van der Waals surface area (Å²) in [6.45, 7) is 0. The standard InChI is InChI=1S/C66H52N6.C49H40N4.C13H14N2/c1-7-19-55(20-8-1)69(56-21-9-2-10-22-56)61-39-31-51(32-40-61)67-53-35-43-63(44-36-53)72(66-49-47-65(48-50-66)71(59-27-15-5-16-28-59)60-29-17-6-18-30-60)64-45-37-54(38-46-64)68-52-33-41-62(42-34-52)70(57-23-11-3-12-24-57)58-25-13-4-14-26-58;1-5-13-44(14-6-1)52(45-15-7-2-8-16-45)48-33-29-42(30-34-48)50-40-25-21-38(22-26-40)37-39-23-27-41(28-24-39)51-43-31-35-49(36-32-43)53(46-17-9-3-10-18-46)47-19-11-4-12-20-47;14-12-5-1-10(2-6-12)9-11-3-7-13(15)8-4-11/h1-50,67-68H;1-36,50-51H,37H2;1-8H,9,14-15H2. The van der Waals surface area contributed by atoms with E-state index < -0.39 is 0 Å². The van der Waals surface area contributed by atoms with Crippen LogP contribution >= 0.6 is 0 Å². The average molecular weight is 1810 g/mol. The smallest absolute Gasteiger partial charge is 0.0463 e. The average Bonchev–Trinajstić information content (AvgIpc) is 0.797. The first kappa shape index (κ1) is 90.4. The first-order valence-corrected chi connectivity index (χ1v) is 47.2. The van der Waals surface area contributed by atoms with E-state index in [4.69, 9.17) is 11.5 Å². The van der Waals surface area contributed by atoms with Crippen molar-refractivity contribution in [3.8, 4) is 0 Å². The van der Waals surface area contributed by atoms with Gasteiger partial charge in [0.2, 0.25) is 0 Å². The van der Waals surface area contributed by atoms with Gasteiger partial charge in [-0.3, -0.25) is 0 Å². The van der Waals surface area contributed by atoms with Gasteiger partial charge >= 0.3 is 0 Å². The number of nitrogens with one attached hydrogen (secondary N) is 4. The van der Waals surface area contributed by atoms with Crippen molar-refractivity contribution in [2.24, 2.45) is 0 Å². The molecule has 0 aliphatic heterocycles. The van der Waals surface area contributed by atoms with Crippen LogP contribution in [0.15, 0.2) is 570 Å². The number of hydrogen-bond donors (Lipinski definition) is 6. The molecule has 21 aromatic rings. The molecule has 21 aromatic carbocycles. The van der Waals surface area contributed by atoms with E-state index >= 15 is 0 Å². The summed E-state index contributed by atoms with van der Waals surface area (Å²) in [5, 5.41) is 14.4. The molecule has 0 amide bonds.